The van der Waals surface area contributed by atoms with E-state index >= 15 is 0 Å². The fourth-order valence-corrected chi connectivity index (χ4v) is 4.90. The number of piperidine rings is 1. The Morgan fingerprint density at radius 2 is 1.87 bits per heavy atom. The second-order valence-corrected chi connectivity index (χ2v) is 8.76. The number of carbonyl (C=O) groups is 1. The first-order valence-electron chi connectivity index (χ1n) is 10.8. The topological polar surface area (TPSA) is 51.0 Å². The molecular formula is C24H27FN4OS. The van der Waals surface area contributed by atoms with Crippen molar-refractivity contribution in [3.8, 4) is 11.4 Å². The second-order valence-electron chi connectivity index (χ2n) is 7.82. The van der Waals surface area contributed by atoms with Crippen molar-refractivity contribution >= 4 is 17.7 Å². The van der Waals surface area contributed by atoms with Gasteiger partial charge in [0.25, 0.3) is 0 Å². The summed E-state index contributed by atoms with van der Waals surface area (Å²) in [7, 11) is 0. The molecule has 1 saturated heterocycles. The molecule has 2 heterocycles. The number of amides is 1. The Balaban J connectivity index is 1.56. The lowest BCUT2D eigenvalue weighted by atomic mass is 10.0. The van der Waals surface area contributed by atoms with Gasteiger partial charge in [0.15, 0.2) is 11.0 Å². The number of halogens is 1. The fraction of sp³-hybridized carbons (Fsp3) is 0.375. The summed E-state index contributed by atoms with van der Waals surface area (Å²) in [6.45, 7) is 3.57. The molecule has 0 spiro atoms. The number of nitrogens with zero attached hydrogens (tertiary/aromatic N) is 4. The van der Waals surface area contributed by atoms with Crippen LogP contribution in [-0.2, 0) is 11.3 Å². The summed E-state index contributed by atoms with van der Waals surface area (Å²) in [4.78, 5) is 15.0. The zero-order chi connectivity index (χ0) is 21.6. The van der Waals surface area contributed by atoms with E-state index in [9.17, 15) is 9.18 Å². The van der Waals surface area contributed by atoms with Gasteiger partial charge in [-0.25, -0.2) is 4.39 Å². The van der Waals surface area contributed by atoms with E-state index in [1.54, 1.807) is 12.1 Å². The van der Waals surface area contributed by atoms with E-state index in [1.165, 1.54) is 30.3 Å². The normalized spacial score (nSPS) is 16.5. The molecule has 7 heteroatoms. The predicted octanol–water partition coefficient (Wildman–Crippen LogP) is 5.02. The SMILES string of the molecule is CCC1CCCCN1C(=O)CSc1nnc(-c2ccc(F)cc2)n1Cc1ccccc1. The van der Waals surface area contributed by atoms with E-state index in [1.807, 2.05) is 39.8 Å². The number of benzene rings is 2. The lowest BCUT2D eigenvalue weighted by molar-refractivity contribution is -0.132. The van der Waals surface area contributed by atoms with Crippen molar-refractivity contribution in [2.75, 3.05) is 12.3 Å². The average Bonchev–Trinajstić information content (AvgIpc) is 3.21. The molecule has 3 aromatic rings. The molecule has 31 heavy (non-hydrogen) atoms. The van der Waals surface area contributed by atoms with E-state index in [-0.39, 0.29) is 11.7 Å². The van der Waals surface area contributed by atoms with E-state index in [0.717, 1.165) is 36.9 Å². The van der Waals surface area contributed by atoms with Crippen molar-refractivity contribution in [2.45, 2.75) is 50.4 Å². The second kappa shape index (κ2) is 10.1. The summed E-state index contributed by atoms with van der Waals surface area (Å²) in [5.74, 6) is 0.884. The molecule has 1 aromatic heterocycles. The Hall–Kier alpha value is -2.67. The minimum Gasteiger partial charge on any atom is -0.339 e. The van der Waals surface area contributed by atoms with Gasteiger partial charge in [-0.1, -0.05) is 49.0 Å². The summed E-state index contributed by atoms with van der Waals surface area (Å²) in [6.07, 6.45) is 4.36. The highest BCUT2D eigenvalue weighted by molar-refractivity contribution is 7.99. The first kappa shape index (κ1) is 21.6. The van der Waals surface area contributed by atoms with E-state index in [0.29, 0.717) is 29.3 Å². The van der Waals surface area contributed by atoms with Gasteiger partial charge in [-0.2, -0.15) is 0 Å². The molecule has 0 aliphatic carbocycles. The summed E-state index contributed by atoms with van der Waals surface area (Å²) in [5, 5.41) is 9.45. The number of hydrogen-bond acceptors (Lipinski definition) is 4. The van der Waals surface area contributed by atoms with Crippen molar-refractivity contribution in [3.05, 3.63) is 66.0 Å². The third-order valence-corrected chi connectivity index (χ3v) is 6.70. The van der Waals surface area contributed by atoms with Crippen molar-refractivity contribution in [2.24, 2.45) is 0 Å². The van der Waals surface area contributed by atoms with E-state index < -0.39 is 0 Å². The van der Waals surface area contributed by atoms with Gasteiger partial charge < -0.3 is 4.90 Å². The Morgan fingerprint density at radius 3 is 2.61 bits per heavy atom. The van der Waals surface area contributed by atoms with Gasteiger partial charge in [-0.05, 0) is 55.5 Å². The summed E-state index contributed by atoms with van der Waals surface area (Å²) < 4.78 is 15.4. The number of rotatable bonds is 7. The van der Waals surface area contributed by atoms with Gasteiger partial charge in [-0.15, -0.1) is 10.2 Å². The molecule has 162 valence electrons. The predicted molar refractivity (Wildman–Crippen MR) is 121 cm³/mol. The standard InChI is InChI=1S/C24H27FN4OS/c1-2-21-10-6-7-15-28(21)22(30)17-31-24-27-26-23(19-11-13-20(25)14-12-19)29(24)16-18-8-4-3-5-9-18/h3-5,8-9,11-14,21H,2,6-7,10,15-17H2,1H3. The van der Waals surface area contributed by atoms with Crippen molar-refractivity contribution < 1.29 is 9.18 Å². The molecule has 1 atom stereocenters. The average molecular weight is 439 g/mol. The van der Waals surface area contributed by atoms with Crippen LogP contribution in [0.25, 0.3) is 11.4 Å². The molecule has 5 nitrogen and oxygen atoms in total. The Morgan fingerprint density at radius 1 is 1.10 bits per heavy atom. The summed E-state index contributed by atoms with van der Waals surface area (Å²) >= 11 is 1.42. The first-order valence-corrected chi connectivity index (χ1v) is 11.8. The monoisotopic (exact) mass is 438 g/mol. The number of thioether (sulfide) groups is 1. The molecule has 1 aliphatic heterocycles. The van der Waals surface area contributed by atoms with Crippen LogP contribution >= 0.6 is 11.8 Å². The van der Waals surface area contributed by atoms with Gasteiger partial charge in [0, 0.05) is 18.2 Å². The first-order chi connectivity index (χ1) is 15.2. The molecule has 0 radical (unpaired) electrons. The zero-order valence-electron chi connectivity index (χ0n) is 17.7. The van der Waals surface area contributed by atoms with Crippen LogP contribution in [0.4, 0.5) is 4.39 Å². The lowest BCUT2D eigenvalue weighted by Crippen LogP contribution is -2.44. The summed E-state index contributed by atoms with van der Waals surface area (Å²) in [5.41, 5.74) is 1.91. The molecule has 4 rings (SSSR count). The molecule has 1 amide bonds. The van der Waals surface area contributed by atoms with Crippen molar-refractivity contribution in [1.29, 1.82) is 0 Å². The quantitative estimate of drug-likeness (QED) is 0.486. The third-order valence-electron chi connectivity index (χ3n) is 5.75. The van der Waals surface area contributed by atoms with Gasteiger partial charge in [-0.3, -0.25) is 9.36 Å². The highest BCUT2D eigenvalue weighted by atomic mass is 32.2. The van der Waals surface area contributed by atoms with Crippen molar-refractivity contribution in [1.82, 2.24) is 19.7 Å². The van der Waals surface area contributed by atoms with Crippen molar-refractivity contribution in [3.63, 3.8) is 0 Å². The third kappa shape index (κ3) is 5.15. The Labute approximate surface area is 186 Å². The highest BCUT2D eigenvalue weighted by Crippen LogP contribution is 2.27. The molecule has 2 aromatic carbocycles. The molecular weight excluding hydrogens is 411 g/mol. The maximum atomic E-state index is 13.4. The van der Waals surface area contributed by atoms with Crippen LogP contribution in [-0.4, -0.2) is 43.9 Å². The fourth-order valence-electron chi connectivity index (χ4n) is 4.08. The van der Waals surface area contributed by atoms with Gasteiger partial charge in [0.1, 0.15) is 5.82 Å². The minimum atomic E-state index is -0.287. The van der Waals surface area contributed by atoms with Gasteiger partial charge >= 0.3 is 0 Å². The number of carbonyl (C=O) groups excluding carboxylic acids is 1. The van der Waals surface area contributed by atoms with Crippen LogP contribution in [0.1, 0.15) is 38.2 Å². The molecule has 1 fully saturated rings. The van der Waals surface area contributed by atoms with Crippen LogP contribution in [0.3, 0.4) is 0 Å². The zero-order valence-corrected chi connectivity index (χ0v) is 18.5. The van der Waals surface area contributed by atoms with Crippen LogP contribution in [0.15, 0.2) is 59.8 Å². The lowest BCUT2D eigenvalue weighted by Gasteiger charge is -2.35. The molecule has 0 bridgehead atoms. The van der Waals surface area contributed by atoms with Gasteiger partial charge in [0.2, 0.25) is 5.91 Å². The number of hydrogen-bond donors (Lipinski definition) is 0. The minimum absolute atomic E-state index is 0.161. The molecule has 0 N–H and O–H groups in total. The maximum absolute atomic E-state index is 13.4. The maximum Gasteiger partial charge on any atom is 0.233 e. The van der Waals surface area contributed by atoms with Crippen LogP contribution < -0.4 is 0 Å². The smallest absolute Gasteiger partial charge is 0.233 e. The Kier molecular flexibility index (Phi) is 7.02. The molecule has 1 unspecified atom stereocenters. The molecule has 0 saturated carbocycles. The molecule has 1 aliphatic rings. The number of aromatic nitrogens is 3. The number of likely N-dealkylation sites (tertiary alicyclic amines) is 1. The van der Waals surface area contributed by atoms with Gasteiger partial charge in [0.05, 0.1) is 12.3 Å². The van der Waals surface area contributed by atoms with Crippen LogP contribution in [0.2, 0.25) is 0 Å². The van der Waals surface area contributed by atoms with Crippen LogP contribution in [0, 0.1) is 5.82 Å². The van der Waals surface area contributed by atoms with E-state index in [4.69, 9.17) is 0 Å². The van der Waals surface area contributed by atoms with Crippen LogP contribution in [0.5, 0.6) is 0 Å². The largest absolute Gasteiger partial charge is 0.339 e. The Bertz CT molecular complexity index is 1010. The summed E-state index contributed by atoms with van der Waals surface area (Å²) in [6, 6.07) is 16.7. The highest BCUT2D eigenvalue weighted by Gasteiger charge is 2.26. The van der Waals surface area contributed by atoms with E-state index in [2.05, 4.69) is 17.1 Å².